The number of para-hydroxylation sites is 2. The maximum absolute atomic E-state index is 10.8. The lowest BCUT2D eigenvalue weighted by Crippen LogP contribution is -2.63. The molecule has 1 aromatic carbocycles. The normalized spacial score (nSPS) is 33.6. The van der Waals surface area contributed by atoms with Gasteiger partial charge >= 0.3 is 0 Å². The second-order valence-corrected chi connectivity index (χ2v) is 4.30. The van der Waals surface area contributed by atoms with Gasteiger partial charge in [0.25, 0.3) is 0 Å². The average molecular weight is 285 g/mol. The number of hydrogen-bond acceptors (Lipinski definition) is 8. The van der Waals surface area contributed by atoms with Gasteiger partial charge in [-0.25, -0.2) is 0 Å². The lowest BCUT2D eigenvalue weighted by atomic mass is 9.99. The van der Waals surface area contributed by atoms with Crippen molar-refractivity contribution in [3.63, 3.8) is 0 Å². The monoisotopic (exact) mass is 285 g/mol. The van der Waals surface area contributed by atoms with Gasteiger partial charge in [0, 0.05) is 0 Å². The second-order valence-electron chi connectivity index (χ2n) is 4.30. The van der Waals surface area contributed by atoms with Crippen molar-refractivity contribution >= 4 is 5.97 Å². The van der Waals surface area contributed by atoms with E-state index in [2.05, 4.69) is 0 Å². The summed E-state index contributed by atoms with van der Waals surface area (Å²) in [4.78, 5) is 10.8. The molecule has 1 fully saturated rings. The third kappa shape index (κ3) is 2.68. The molecule has 0 amide bonds. The Morgan fingerprint density at radius 1 is 1.15 bits per heavy atom. The van der Waals surface area contributed by atoms with Gasteiger partial charge in [-0.05, 0) is 12.1 Å². The molecule has 1 aromatic rings. The summed E-state index contributed by atoms with van der Waals surface area (Å²) in [7, 11) is 0. The first-order valence-corrected chi connectivity index (χ1v) is 5.77. The minimum absolute atomic E-state index is 0.0720. The van der Waals surface area contributed by atoms with Crippen molar-refractivity contribution < 1.29 is 39.8 Å². The largest absolute Gasteiger partial charge is 0.547 e. The van der Waals surface area contributed by atoms with Gasteiger partial charge in [0.2, 0.25) is 6.29 Å². The van der Waals surface area contributed by atoms with Crippen LogP contribution in [0.25, 0.3) is 0 Å². The number of aliphatic carboxylic acids is 1. The molecule has 110 valence electrons. The summed E-state index contributed by atoms with van der Waals surface area (Å²) in [6.45, 7) is 0. The Hall–Kier alpha value is -1.87. The number of aliphatic hydroxyl groups is 3. The number of carboxylic acids is 1. The predicted octanol–water partition coefficient (Wildman–Crippen LogP) is -2.67. The van der Waals surface area contributed by atoms with Gasteiger partial charge in [-0.3, -0.25) is 0 Å². The van der Waals surface area contributed by atoms with Crippen LogP contribution >= 0.6 is 0 Å². The van der Waals surface area contributed by atoms with E-state index in [9.17, 15) is 30.3 Å². The highest BCUT2D eigenvalue weighted by atomic mass is 16.7. The smallest absolute Gasteiger partial charge is 0.229 e. The van der Waals surface area contributed by atoms with Crippen molar-refractivity contribution in [1.29, 1.82) is 0 Å². The molecule has 0 aliphatic carbocycles. The summed E-state index contributed by atoms with van der Waals surface area (Å²) in [5, 5.41) is 49.0. The Bertz CT molecular complexity index is 490. The Morgan fingerprint density at radius 3 is 2.40 bits per heavy atom. The van der Waals surface area contributed by atoms with Gasteiger partial charge in [0.15, 0.2) is 11.5 Å². The molecular weight excluding hydrogens is 272 g/mol. The number of aromatic hydroxyl groups is 1. The van der Waals surface area contributed by atoms with Gasteiger partial charge in [-0.15, -0.1) is 0 Å². The van der Waals surface area contributed by atoms with E-state index >= 15 is 0 Å². The number of benzene rings is 1. The van der Waals surface area contributed by atoms with E-state index in [1.165, 1.54) is 24.3 Å². The van der Waals surface area contributed by atoms with Gasteiger partial charge < -0.3 is 39.8 Å². The highest BCUT2D eigenvalue weighted by Gasteiger charge is 2.45. The molecule has 5 atom stereocenters. The number of ether oxygens (including phenoxy) is 2. The fourth-order valence-electron chi connectivity index (χ4n) is 1.82. The van der Waals surface area contributed by atoms with Crippen molar-refractivity contribution in [2.45, 2.75) is 30.7 Å². The number of rotatable bonds is 3. The van der Waals surface area contributed by atoms with E-state index < -0.39 is 36.7 Å². The lowest BCUT2D eigenvalue weighted by molar-refractivity contribution is -0.342. The van der Waals surface area contributed by atoms with E-state index in [1.54, 1.807) is 0 Å². The molecule has 5 unspecified atom stereocenters. The number of carboxylic acid groups (broad SMARTS) is 1. The highest BCUT2D eigenvalue weighted by Crippen LogP contribution is 2.29. The number of hydrogen-bond donors (Lipinski definition) is 4. The van der Waals surface area contributed by atoms with Gasteiger partial charge in [0.1, 0.15) is 24.4 Å². The van der Waals surface area contributed by atoms with Gasteiger partial charge in [0.05, 0.1) is 5.97 Å². The van der Waals surface area contributed by atoms with E-state index in [0.717, 1.165) is 0 Å². The summed E-state index contributed by atoms with van der Waals surface area (Å²) >= 11 is 0. The van der Waals surface area contributed by atoms with Crippen LogP contribution in [0.4, 0.5) is 0 Å². The van der Waals surface area contributed by atoms with E-state index in [0.29, 0.717) is 0 Å². The third-order valence-electron chi connectivity index (χ3n) is 2.91. The van der Waals surface area contributed by atoms with Crippen LogP contribution in [-0.4, -0.2) is 57.1 Å². The van der Waals surface area contributed by atoms with Gasteiger partial charge in [-0.2, -0.15) is 0 Å². The van der Waals surface area contributed by atoms with Crippen molar-refractivity contribution in [2.75, 3.05) is 0 Å². The van der Waals surface area contributed by atoms with Crippen LogP contribution in [0.5, 0.6) is 11.5 Å². The van der Waals surface area contributed by atoms with Gasteiger partial charge in [-0.1, -0.05) is 12.1 Å². The fraction of sp³-hybridized carbons (Fsp3) is 0.417. The van der Waals surface area contributed by atoms with Crippen molar-refractivity contribution in [3.05, 3.63) is 24.3 Å². The fourth-order valence-corrected chi connectivity index (χ4v) is 1.82. The molecule has 0 aromatic heterocycles. The number of aliphatic hydroxyl groups excluding tert-OH is 3. The first kappa shape index (κ1) is 14.5. The zero-order valence-electron chi connectivity index (χ0n) is 10.1. The van der Waals surface area contributed by atoms with Crippen LogP contribution in [0.2, 0.25) is 0 Å². The molecule has 8 heteroatoms. The summed E-state index contributed by atoms with van der Waals surface area (Å²) in [5.74, 6) is -2.08. The maximum Gasteiger partial charge on any atom is 0.229 e. The molecule has 0 spiro atoms. The SMILES string of the molecule is O=C([O-])C1OC(Oc2ccccc2O)C(O)C(O)C1O. The zero-order chi connectivity index (χ0) is 14.9. The molecule has 1 heterocycles. The van der Waals surface area contributed by atoms with E-state index in [4.69, 9.17) is 9.47 Å². The average Bonchev–Trinajstić information content (AvgIpc) is 2.41. The standard InChI is InChI=1S/C12H14O8/c13-5-3-1-2-4-6(5)19-12-9(16)7(14)8(15)10(20-12)11(17)18/h1-4,7-10,12-16H,(H,17,18)/p-1. The third-order valence-corrected chi connectivity index (χ3v) is 2.91. The first-order valence-electron chi connectivity index (χ1n) is 5.77. The summed E-state index contributed by atoms with van der Waals surface area (Å²) < 4.78 is 9.96. The number of carbonyl (C=O) groups is 1. The molecule has 8 nitrogen and oxygen atoms in total. The van der Waals surface area contributed by atoms with Crippen molar-refractivity contribution in [1.82, 2.24) is 0 Å². The molecular formula is C12H13O8-. The molecule has 1 aliphatic heterocycles. The van der Waals surface area contributed by atoms with E-state index in [-0.39, 0.29) is 11.5 Å². The quantitative estimate of drug-likeness (QED) is 0.471. The van der Waals surface area contributed by atoms with Crippen LogP contribution < -0.4 is 9.84 Å². The molecule has 20 heavy (non-hydrogen) atoms. The Kier molecular flexibility index (Phi) is 4.09. The lowest BCUT2D eigenvalue weighted by Gasteiger charge is -2.40. The van der Waals surface area contributed by atoms with Crippen molar-refractivity contribution in [3.8, 4) is 11.5 Å². The van der Waals surface area contributed by atoms with E-state index in [1.807, 2.05) is 0 Å². The molecule has 0 saturated carbocycles. The van der Waals surface area contributed by atoms with Crippen LogP contribution in [0.1, 0.15) is 0 Å². The Labute approximate surface area is 113 Å². The van der Waals surface area contributed by atoms with Crippen LogP contribution in [-0.2, 0) is 9.53 Å². The Balaban J connectivity index is 2.18. The summed E-state index contributed by atoms with van der Waals surface area (Å²) in [6, 6.07) is 5.73. The second kappa shape index (κ2) is 5.63. The Morgan fingerprint density at radius 2 is 1.80 bits per heavy atom. The zero-order valence-corrected chi connectivity index (χ0v) is 10.1. The summed E-state index contributed by atoms with van der Waals surface area (Å²) in [5.41, 5.74) is 0. The molecule has 1 saturated heterocycles. The highest BCUT2D eigenvalue weighted by molar-refractivity contribution is 5.71. The first-order chi connectivity index (χ1) is 9.41. The number of phenols is 1. The molecule has 0 bridgehead atoms. The molecule has 0 radical (unpaired) electrons. The molecule has 2 rings (SSSR count). The summed E-state index contributed by atoms with van der Waals surface area (Å²) in [6.07, 6.45) is -8.77. The number of carbonyl (C=O) groups excluding carboxylic acids is 1. The predicted molar refractivity (Wildman–Crippen MR) is 60.4 cm³/mol. The molecule has 4 N–H and O–H groups in total. The maximum atomic E-state index is 10.8. The van der Waals surface area contributed by atoms with Crippen LogP contribution in [0, 0.1) is 0 Å². The van der Waals surface area contributed by atoms with Crippen LogP contribution in [0.3, 0.4) is 0 Å². The minimum Gasteiger partial charge on any atom is -0.547 e. The molecule has 1 aliphatic rings. The van der Waals surface area contributed by atoms with Crippen LogP contribution in [0.15, 0.2) is 24.3 Å². The minimum atomic E-state index is -1.86. The number of phenolic OH excluding ortho intramolecular Hbond substituents is 1. The topological polar surface area (TPSA) is 140 Å². The van der Waals surface area contributed by atoms with Crippen molar-refractivity contribution in [2.24, 2.45) is 0 Å².